The van der Waals surface area contributed by atoms with Gasteiger partial charge >= 0.3 is 0 Å². The van der Waals surface area contributed by atoms with Crippen LogP contribution in [0.1, 0.15) is 0 Å². The predicted molar refractivity (Wildman–Crippen MR) is 203 cm³/mol. The number of para-hydroxylation sites is 2. The number of hydrogen-bond donors (Lipinski definition) is 0. The van der Waals surface area contributed by atoms with Crippen LogP contribution in [0, 0.1) is 0 Å². The van der Waals surface area contributed by atoms with Gasteiger partial charge < -0.3 is 8.98 Å². The van der Waals surface area contributed by atoms with Gasteiger partial charge in [-0.2, -0.15) is 0 Å². The third-order valence-corrected chi connectivity index (χ3v) is 9.45. The Kier molecular flexibility index (Phi) is 6.42. The second kappa shape index (κ2) is 11.4. The molecule has 10 rings (SSSR count). The van der Waals surface area contributed by atoms with Crippen LogP contribution >= 0.6 is 0 Å². The molecule has 3 heterocycles. The molecule has 0 saturated heterocycles. The van der Waals surface area contributed by atoms with Gasteiger partial charge in [0, 0.05) is 38.2 Å². The summed E-state index contributed by atoms with van der Waals surface area (Å²) < 4.78 is 9.03. The van der Waals surface area contributed by atoms with Crippen LogP contribution < -0.4 is 0 Å². The van der Waals surface area contributed by atoms with E-state index in [0.717, 1.165) is 55.3 Å². The average molecular weight is 641 g/mol. The van der Waals surface area contributed by atoms with Gasteiger partial charge in [-0.25, -0.2) is 15.0 Å². The zero-order chi connectivity index (χ0) is 33.0. The molecule has 0 bridgehead atoms. The fraction of sp³-hybridized carbons (Fsp3) is 0. The number of benzene rings is 7. The molecule has 5 heteroatoms. The van der Waals surface area contributed by atoms with E-state index in [4.69, 9.17) is 19.4 Å². The van der Waals surface area contributed by atoms with Crippen molar-refractivity contribution in [3.05, 3.63) is 170 Å². The van der Waals surface area contributed by atoms with Gasteiger partial charge in [0.15, 0.2) is 23.1 Å². The molecule has 0 saturated carbocycles. The molecule has 0 spiro atoms. The van der Waals surface area contributed by atoms with Gasteiger partial charge in [0.05, 0.1) is 16.7 Å². The van der Waals surface area contributed by atoms with E-state index in [2.05, 4.69) is 102 Å². The van der Waals surface area contributed by atoms with Crippen LogP contribution in [0.15, 0.2) is 174 Å². The van der Waals surface area contributed by atoms with Crippen molar-refractivity contribution in [1.29, 1.82) is 0 Å². The summed E-state index contributed by atoms with van der Waals surface area (Å²) in [5, 5.41) is 4.45. The quantitative estimate of drug-likeness (QED) is 0.188. The summed E-state index contributed by atoms with van der Waals surface area (Å²) in [5.41, 5.74) is 10.1. The van der Waals surface area contributed by atoms with E-state index in [-0.39, 0.29) is 0 Å². The molecule has 3 aromatic heterocycles. The van der Waals surface area contributed by atoms with Gasteiger partial charge in [-0.3, -0.25) is 0 Å². The molecule has 10 aromatic rings. The van der Waals surface area contributed by atoms with Crippen LogP contribution in [0.3, 0.4) is 0 Å². The lowest BCUT2D eigenvalue weighted by molar-refractivity contribution is 0.666. The second-order valence-electron chi connectivity index (χ2n) is 12.5. The van der Waals surface area contributed by atoms with Gasteiger partial charge in [0.1, 0.15) is 5.58 Å². The summed E-state index contributed by atoms with van der Waals surface area (Å²) >= 11 is 0. The van der Waals surface area contributed by atoms with Crippen molar-refractivity contribution in [1.82, 2.24) is 19.5 Å². The highest BCUT2D eigenvalue weighted by Crippen LogP contribution is 2.40. The van der Waals surface area contributed by atoms with Crippen LogP contribution in [0.4, 0.5) is 0 Å². The Balaban J connectivity index is 1.16. The molecule has 0 aliphatic heterocycles. The van der Waals surface area contributed by atoms with E-state index >= 15 is 0 Å². The molecule has 0 aliphatic rings. The number of furan rings is 1. The number of nitrogens with zero attached hydrogens (tertiary/aromatic N) is 4. The molecule has 0 radical (unpaired) electrons. The van der Waals surface area contributed by atoms with Crippen LogP contribution in [-0.4, -0.2) is 19.5 Å². The van der Waals surface area contributed by atoms with Crippen LogP contribution in [0.25, 0.3) is 94.7 Å². The maximum absolute atomic E-state index is 6.70. The van der Waals surface area contributed by atoms with Crippen molar-refractivity contribution >= 4 is 43.7 Å². The standard InChI is InChI=1S/C45H28N4O/c1-4-13-29(14-5-1)32-23-25-39-36(27-32)34-19-10-11-21-38(34)49(39)40-22-12-20-35-37-28-33(24-26-41(37)50-42(35)40)45-47-43(30-15-6-2-7-16-30)46-44(48-45)31-17-8-3-9-18-31/h1-28H. The molecule has 0 N–H and O–H groups in total. The van der Waals surface area contributed by atoms with Gasteiger partial charge in [0.25, 0.3) is 0 Å². The maximum atomic E-state index is 6.70. The average Bonchev–Trinajstić information content (AvgIpc) is 3.74. The number of hydrogen-bond acceptors (Lipinski definition) is 4. The van der Waals surface area contributed by atoms with Crippen LogP contribution in [0.5, 0.6) is 0 Å². The third-order valence-electron chi connectivity index (χ3n) is 9.45. The zero-order valence-electron chi connectivity index (χ0n) is 26.9. The largest absolute Gasteiger partial charge is 0.454 e. The highest BCUT2D eigenvalue weighted by molar-refractivity contribution is 6.13. The summed E-state index contributed by atoms with van der Waals surface area (Å²) in [4.78, 5) is 14.8. The Bertz CT molecular complexity index is 2800. The molecule has 0 fully saturated rings. The highest BCUT2D eigenvalue weighted by Gasteiger charge is 2.19. The maximum Gasteiger partial charge on any atom is 0.164 e. The Morgan fingerprint density at radius 3 is 1.60 bits per heavy atom. The van der Waals surface area contributed by atoms with Gasteiger partial charge in [-0.1, -0.05) is 127 Å². The monoisotopic (exact) mass is 640 g/mol. The second-order valence-corrected chi connectivity index (χ2v) is 12.5. The lowest BCUT2D eigenvalue weighted by atomic mass is 10.0. The fourth-order valence-electron chi connectivity index (χ4n) is 7.08. The Morgan fingerprint density at radius 1 is 0.360 bits per heavy atom. The SMILES string of the molecule is c1ccc(-c2ccc3c(c2)c2ccccc2n3-c2cccc3c2oc2ccc(-c4nc(-c5ccccc5)nc(-c5ccccc5)n4)cc23)cc1. The molecule has 0 amide bonds. The van der Waals surface area contributed by atoms with Crippen molar-refractivity contribution in [2.24, 2.45) is 0 Å². The molecule has 0 unspecified atom stereocenters. The van der Waals surface area contributed by atoms with Crippen molar-refractivity contribution in [2.45, 2.75) is 0 Å². The first-order valence-electron chi connectivity index (χ1n) is 16.7. The van der Waals surface area contributed by atoms with E-state index in [1.54, 1.807) is 0 Å². The number of rotatable bonds is 5. The van der Waals surface area contributed by atoms with Crippen LogP contribution in [-0.2, 0) is 0 Å². The summed E-state index contributed by atoms with van der Waals surface area (Å²) in [7, 11) is 0. The zero-order valence-corrected chi connectivity index (χ0v) is 26.9. The molecule has 0 aliphatic carbocycles. The summed E-state index contributed by atoms with van der Waals surface area (Å²) in [6.45, 7) is 0. The molecule has 7 aromatic carbocycles. The van der Waals surface area contributed by atoms with Gasteiger partial charge in [-0.05, 0) is 53.6 Å². The first-order valence-corrected chi connectivity index (χ1v) is 16.7. The van der Waals surface area contributed by atoms with E-state index < -0.39 is 0 Å². The molecule has 234 valence electrons. The first-order chi connectivity index (χ1) is 24.8. The Labute approximate surface area is 287 Å². The summed E-state index contributed by atoms with van der Waals surface area (Å²) in [6, 6.07) is 58.6. The van der Waals surface area contributed by atoms with Crippen molar-refractivity contribution in [3.8, 4) is 51.0 Å². The number of fused-ring (bicyclic) bond motifs is 6. The number of aromatic nitrogens is 4. The minimum Gasteiger partial charge on any atom is -0.454 e. The van der Waals surface area contributed by atoms with Gasteiger partial charge in [0.2, 0.25) is 0 Å². The molecular weight excluding hydrogens is 613 g/mol. The smallest absolute Gasteiger partial charge is 0.164 e. The lowest BCUT2D eigenvalue weighted by Crippen LogP contribution is -2.00. The van der Waals surface area contributed by atoms with Crippen molar-refractivity contribution in [2.75, 3.05) is 0 Å². The molecule has 0 atom stereocenters. The normalized spacial score (nSPS) is 11.6. The Morgan fingerprint density at radius 2 is 0.900 bits per heavy atom. The first kappa shape index (κ1) is 28.2. The third kappa shape index (κ3) is 4.60. The minimum atomic E-state index is 0.613. The van der Waals surface area contributed by atoms with E-state index in [1.165, 1.54) is 21.9 Å². The van der Waals surface area contributed by atoms with Crippen molar-refractivity contribution < 1.29 is 4.42 Å². The molecule has 50 heavy (non-hydrogen) atoms. The highest BCUT2D eigenvalue weighted by atomic mass is 16.3. The van der Waals surface area contributed by atoms with Gasteiger partial charge in [-0.15, -0.1) is 0 Å². The Hall–Kier alpha value is -6.85. The summed E-state index contributed by atoms with van der Waals surface area (Å²) in [6.07, 6.45) is 0. The van der Waals surface area contributed by atoms with Crippen molar-refractivity contribution in [3.63, 3.8) is 0 Å². The summed E-state index contributed by atoms with van der Waals surface area (Å²) in [5.74, 6) is 1.88. The molecule has 5 nitrogen and oxygen atoms in total. The fourth-order valence-corrected chi connectivity index (χ4v) is 7.08. The minimum absolute atomic E-state index is 0.613. The van der Waals surface area contributed by atoms with Crippen LogP contribution in [0.2, 0.25) is 0 Å². The van der Waals surface area contributed by atoms with E-state index in [0.29, 0.717) is 17.5 Å². The molecular formula is C45H28N4O. The predicted octanol–water partition coefficient (Wildman–Crippen LogP) is 11.5. The van der Waals surface area contributed by atoms with E-state index in [9.17, 15) is 0 Å². The topological polar surface area (TPSA) is 56.7 Å². The lowest BCUT2D eigenvalue weighted by Gasteiger charge is -2.09. The van der Waals surface area contributed by atoms with E-state index in [1.807, 2.05) is 72.8 Å².